The van der Waals surface area contributed by atoms with Crippen LogP contribution in [0.1, 0.15) is 21.5 Å². The molecule has 0 heterocycles. The molecule has 0 saturated heterocycles. The summed E-state index contributed by atoms with van der Waals surface area (Å²) in [4.78, 5) is 24.2. The third-order valence-electron chi connectivity index (χ3n) is 3.99. The van der Waals surface area contributed by atoms with Gasteiger partial charge in [0.2, 0.25) is 0 Å². The number of benzene rings is 3. The van der Waals surface area contributed by atoms with Crippen LogP contribution in [0.2, 0.25) is 5.02 Å². The minimum absolute atomic E-state index is 0.173. The van der Waals surface area contributed by atoms with Crippen molar-refractivity contribution < 1.29 is 19.1 Å². The van der Waals surface area contributed by atoms with Gasteiger partial charge in [0.05, 0.1) is 11.8 Å². The fraction of sp³-hybridized carbons (Fsp3) is 0.0870. The second-order valence-electron chi connectivity index (χ2n) is 6.33. The third kappa shape index (κ3) is 6.18. The van der Waals surface area contributed by atoms with E-state index in [1.807, 2.05) is 19.1 Å². The van der Waals surface area contributed by atoms with Gasteiger partial charge in [0.1, 0.15) is 11.5 Å². The van der Waals surface area contributed by atoms with Crippen LogP contribution in [-0.4, -0.2) is 24.7 Å². The van der Waals surface area contributed by atoms with Gasteiger partial charge in [-0.1, -0.05) is 41.4 Å². The Hall–Kier alpha value is -3.64. The summed E-state index contributed by atoms with van der Waals surface area (Å²) < 4.78 is 10.8. The van der Waals surface area contributed by atoms with Crippen molar-refractivity contribution in [1.29, 1.82) is 0 Å². The van der Waals surface area contributed by atoms with E-state index < -0.39 is 11.9 Å². The average molecular weight is 423 g/mol. The minimum Gasteiger partial charge on any atom is -0.484 e. The first-order valence-electron chi connectivity index (χ1n) is 9.09. The molecule has 0 atom stereocenters. The van der Waals surface area contributed by atoms with Crippen molar-refractivity contribution in [3.8, 4) is 11.5 Å². The second-order valence-corrected chi connectivity index (χ2v) is 6.77. The largest absolute Gasteiger partial charge is 0.484 e. The zero-order valence-corrected chi connectivity index (χ0v) is 16.9. The molecule has 3 aromatic rings. The Labute approximate surface area is 179 Å². The van der Waals surface area contributed by atoms with E-state index in [-0.39, 0.29) is 6.61 Å². The van der Waals surface area contributed by atoms with E-state index in [0.29, 0.717) is 27.6 Å². The third-order valence-corrected chi connectivity index (χ3v) is 4.24. The van der Waals surface area contributed by atoms with Crippen LogP contribution in [0.3, 0.4) is 0 Å². The Balaban J connectivity index is 1.56. The maximum atomic E-state index is 12.3. The number of ether oxygens (including phenoxy) is 2. The molecule has 1 N–H and O–H groups in total. The molecular formula is C23H19ClN2O4. The van der Waals surface area contributed by atoms with E-state index >= 15 is 0 Å². The van der Waals surface area contributed by atoms with E-state index in [9.17, 15) is 9.59 Å². The summed E-state index contributed by atoms with van der Waals surface area (Å²) in [5.41, 5.74) is 4.38. The lowest BCUT2D eigenvalue weighted by atomic mass is 10.2. The van der Waals surface area contributed by atoms with Crippen molar-refractivity contribution in [1.82, 2.24) is 5.43 Å². The average Bonchev–Trinajstić information content (AvgIpc) is 2.75. The molecule has 0 unspecified atom stereocenters. The lowest BCUT2D eigenvalue weighted by Crippen LogP contribution is -2.24. The number of carbonyl (C=O) groups excluding carboxylic acids is 2. The van der Waals surface area contributed by atoms with Gasteiger partial charge in [-0.2, -0.15) is 5.10 Å². The number of hydrogen-bond donors (Lipinski definition) is 1. The van der Waals surface area contributed by atoms with E-state index in [4.69, 9.17) is 21.1 Å². The van der Waals surface area contributed by atoms with Gasteiger partial charge in [-0.05, 0) is 55.5 Å². The molecule has 0 aromatic heterocycles. The van der Waals surface area contributed by atoms with Gasteiger partial charge in [-0.3, -0.25) is 4.79 Å². The van der Waals surface area contributed by atoms with E-state index in [1.165, 1.54) is 6.21 Å². The Morgan fingerprint density at radius 2 is 1.70 bits per heavy atom. The number of hydrazone groups is 1. The molecule has 0 fully saturated rings. The number of rotatable bonds is 7. The fourth-order valence-corrected chi connectivity index (χ4v) is 2.54. The van der Waals surface area contributed by atoms with Crippen LogP contribution in [0.15, 0.2) is 77.9 Å². The lowest BCUT2D eigenvalue weighted by molar-refractivity contribution is -0.123. The summed E-state index contributed by atoms with van der Waals surface area (Å²) in [5.74, 6) is -0.0314. The Morgan fingerprint density at radius 3 is 2.43 bits per heavy atom. The van der Waals surface area contributed by atoms with Gasteiger partial charge in [0, 0.05) is 10.6 Å². The number of nitrogens with zero attached hydrogens (tertiary/aromatic N) is 1. The molecule has 30 heavy (non-hydrogen) atoms. The number of para-hydroxylation sites is 1. The van der Waals surface area contributed by atoms with Gasteiger partial charge in [0.15, 0.2) is 6.61 Å². The second kappa shape index (κ2) is 10.2. The predicted molar refractivity (Wildman–Crippen MR) is 115 cm³/mol. The first kappa shape index (κ1) is 21.1. The fourth-order valence-electron chi connectivity index (χ4n) is 2.41. The molecule has 3 rings (SSSR count). The van der Waals surface area contributed by atoms with Gasteiger partial charge in [-0.15, -0.1) is 0 Å². The highest BCUT2D eigenvalue weighted by Crippen LogP contribution is 2.18. The SMILES string of the molecule is Cc1ccc(OCC(=O)N/N=C/c2ccccc2OC(=O)c2ccc(Cl)cc2)cc1. The standard InChI is InChI=1S/C23H19ClN2O4/c1-16-6-12-20(13-7-16)29-15-22(27)26-25-14-18-4-2-3-5-21(18)30-23(28)17-8-10-19(24)11-9-17/h2-14H,15H2,1H3,(H,26,27)/b25-14+. The monoisotopic (exact) mass is 422 g/mol. The summed E-state index contributed by atoms with van der Waals surface area (Å²) in [6.07, 6.45) is 1.40. The van der Waals surface area contributed by atoms with Gasteiger partial charge in [0.25, 0.3) is 5.91 Å². The van der Waals surface area contributed by atoms with Crippen LogP contribution in [0.5, 0.6) is 11.5 Å². The molecule has 152 valence electrons. The summed E-state index contributed by atoms with van der Waals surface area (Å²) in [6, 6.07) is 20.6. The van der Waals surface area contributed by atoms with Gasteiger partial charge < -0.3 is 9.47 Å². The van der Waals surface area contributed by atoms with E-state index in [2.05, 4.69) is 10.5 Å². The lowest BCUT2D eigenvalue weighted by Gasteiger charge is -2.07. The number of aryl methyl sites for hydroxylation is 1. The summed E-state index contributed by atoms with van der Waals surface area (Å²) in [7, 11) is 0. The maximum absolute atomic E-state index is 12.3. The van der Waals surface area contributed by atoms with Crippen molar-refractivity contribution >= 4 is 29.7 Å². The minimum atomic E-state index is -0.525. The highest BCUT2D eigenvalue weighted by molar-refractivity contribution is 6.30. The zero-order chi connectivity index (χ0) is 21.3. The summed E-state index contributed by atoms with van der Waals surface area (Å²) in [6.45, 7) is 1.80. The molecule has 1 amide bonds. The van der Waals surface area contributed by atoms with Crippen LogP contribution >= 0.6 is 11.6 Å². The van der Waals surface area contributed by atoms with Crippen molar-refractivity contribution in [2.24, 2.45) is 5.10 Å². The van der Waals surface area contributed by atoms with E-state index in [0.717, 1.165) is 5.56 Å². The molecular weight excluding hydrogens is 404 g/mol. The van der Waals surface area contributed by atoms with Crippen molar-refractivity contribution in [3.63, 3.8) is 0 Å². The molecule has 6 nitrogen and oxygen atoms in total. The summed E-state index contributed by atoms with van der Waals surface area (Å²) >= 11 is 5.84. The summed E-state index contributed by atoms with van der Waals surface area (Å²) in [5, 5.41) is 4.44. The molecule has 0 aliphatic rings. The Bertz CT molecular complexity index is 1050. The number of halogens is 1. The number of nitrogens with one attached hydrogen (secondary N) is 1. The van der Waals surface area contributed by atoms with Gasteiger partial charge in [-0.25, -0.2) is 10.2 Å². The quantitative estimate of drug-likeness (QED) is 0.265. The highest BCUT2D eigenvalue weighted by atomic mass is 35.5. The molecule has 0 spiro atoms. The van der Waals surface area contributed by atoms with Crippen LogP contribution in [0.4, 0.5) is 0 Å². The molecule has 0 radical (unpaired) electrons. The van der Waals surface area contributed by atoms with Crippen LogP contribution in [0.25, 0.3) is 0 Å². The molecule has 3 aromatic carbocycles. The Kier molecular flexibility index (Phi) is 7.19. The molecule has 0 aliphatic heterocycles. The number of amides is 1. The first-order valence-corrected chi connectivity index (χ1v) is 9.47. The van der Waals surface area contributed by atoms with E-state index in [1.54, 1.807) is 60.7 Å². The number of esters is 1. The molecule has 7 heteroatoms. The molecule has 0 saturated carbocycles. The molecule has 0 bridgehead atoms. The van der Waals surface area contributed by atoms with Crippen molar-refractivity contribution in [2.75, 3.05) is 6.61 Å². The maximum Gasteiger partial charge on any atom is 0.343 e. The number of hydrogen-bond acceptors (Lipinski definition) is 5. The van der Waals surface area contributed by atoms with Crippen LogP contribution < -0.4 is 14.9 Å². The number of carbonyl (C=O) groups is 2. The first-order chi connectivity index (χ1) is 14.5. The molecule has 0 aliphatic carbocycles. The van der Waals surface area contributed by atoms with Crippen LogP contribution in [-0.2, 0) is 4.79 Å². The van der Waals surface area contributed by atoms with Gasteiger partial charge >= 0.3 is 5.97 Å². The zero-order valence-electron chi connectivity index (χ0n) is 16.2. The van der Waals surface area contributed by atoms with Crippen molar-refractivity contribution in [3.05, 3.63) is 94.5 Å². The topological polar surface area (TPSA) is 77.0 Å². The predicted octanol–water partition coefficient (Wildman–Crippen LogP) is 4.40. The highest BCUT2D eigenvalue weighted by Gasteiger charge is 2.11. The normalized spacial score (nSPS) is 10.6. The smallest absolute Gasteiger partial charge is 0.343 e. The van der Waals surface area contributed by atoms with Crippen LogP contribution in [0, 0.1) is 6.92 Å². The van der Waals surface area contributed by atoms with Crippen molar-refractivity contribution in [2.45, 2.75) is 6.92 Å². The Morgan fingerprint density at radius 1 is 1.00 bits per heavy atom.